The van der Waals surface area contributed by atoms with Gasteiger partial charge in [-0.1, -0.05) is 41.7 Å². The first kappa shape index (κ1) is 13.3. The Balaban J connectivity index is 2.05. The van der Waals surface area contributed by atoms with Gasteiger partial charge in [0.2, 0.25) is 6.79 Å². The van der Waals surface area contributed by atoms with Crippen LogP contribution in [0, 0.1) is 11.8 Å². The first-order valence-electron chi connectivity index (χ1n) is 6.88. The minimum Gasteiger partial charge on any atom is -0.454 e. The van der Waals surface area contributed by atoms with E-state index in [9.17, 15) is 0 Å². The lowest BCUT2D eigenvalue weighted by molar-refractivity contribution is 0.174. The van der Waals surface area contributed by atoms with Gasteiger partial charge in [-0.2, -0.15) is 0 Å². The summed E-state index contributed by atoms with van der Waals surface area (Å²) in [4.78, 5) is 0. The highest BCUT2D eigenvalue weighted by atomic mass is 16.7. The van der Waals surface area contributed by atoms with Gasteiger partial charge in [0.15, 0.2) is 11.5 Å². The maximum atomic E-state index is 5.44. The molecule has 1 aliphatic heterocycles. The van der Waals surface area contributed by atoms with Crippen molar-refractivity contribution >= 4 is 6.08 Å². The Morgan fingerprint density at radius 3 is 2.43 bits per heavy atom. The fourth-order valence-corrected chi connectivity index (χ4v) is 2.16. The molecule has 2 nitrogen and oxygen atoms in total. The molecule has 0 saturated heterocycles. The maximum absolute atomic E-state index is 5.44. The number of benzene rings is 2. The molecule has 0 N–H and O–H groups in total. The lowest BCUT2D eigenvalue weighted by Gasteiger charge is -2.03. The van der Waals surface area contributed by atoms with Crippen LogP contribution in [0.15, 0.2) is 48.0 Å². The summed E-state index contributed by atoms with van der Waals surface area (Å²) in [5.41, 5.74) is 4.22. The van der Waals surface area contributed by atoms with Gasteiger partial charge in [-0.25, -0.2) is 0 Å². The van der Waals surface area contributed by atoms with Gasteiger partial charge in [-0.05, 0) is 37.6 Å². The van der Waals surface area contributed by atoms with Crippen molar-refractivity contribution in [3.8, 4) is 23.3 Å². The number of allylic oxidation sites excluding steroid dienone is 1. The van der Waals surface area contributed by atoms with Gasteiger partial charge in [0.25, 0.3) is 0 Å². The molecule has 0 aliphatic carbocycles. The summed E-state index contributed by atoms with van der Waals surface area (Å²) in [6.45, 7) is 4.41. The summed E-state index contributed by atoms with van der Waals surface area (Å²) in [6, 6.07) is 13.9. The lowest BCUT2D eigenvalue weighted by atomic mass is 10.0. The summed E-state index contributed by atoms with van der Waals surface area (Å²) in [6.07, 6.45) is 2.11. The molecule has 0 aromatic heterocycles. The van der Waals surface area contributed by atoms with Gasteiger partial charge in [0, 0.05) is 17.2 Å². The molecular formula is C19H16O2. The topological polar surface area (TPSA) is 18.5 Å². The Kier molecular flexibility index (Phi) is 3.66. The predicted molar refractivity (Wildman–Crippen MR) is 84.3 cm³/mol. The average Bonchev–Trinajstić information content (AvgIpc) is 2.92. The first-order valence-corrected chi connectivity index (χ1v) is 6.88. The molecule has 0 fully saturated rings. The molecule has 2 aromatic carbocycles. The molecule has 0 spiro atoms. The second-order valence-electron chi connectivity index (χ2n) is 5.13. The van der Waals surface area contributed by atoms with Crippen LogP contribution >= 0.6 is 0 Å². The number of hydrogen-bond donors (Lipinski definition) is 0. The van der Waals surface area contributed by atoms with Crippen molar-refractivity contribution in [1.82, 2.24) is 0 Å². The molecule has 104 valence electrons. The van der Waals surface area contributed by atoms with E-state index in [2.05, 4.69) is 31.8 Å². The summed E-state index contributed by atoms with van der Waals surface area (Å²) in [5, 5.41) is 0. The van der Waals surface area contributed by atoms with Crippen molar-refractivity contribution in [3.63, 3.8) is 0 Å². The van der Waals surface area contributed by atoms with Gasteiger partial charge in [-0.3, -0.25) is 0 Å². The molecule has 1 aliphatic rings. The Bertz CT molecular complexity index is 742. The van der Waals surface area contributed by atoms with Crippen LogP contribution in [0.4, 0.5) is 0 Å². The molecule has 21 heavy (non-hydrogen) atoms. The van der Waals surface area contributed by atoms with E-state index in [1.54, 1.807) is 0 Å². The van der Waals surface area contributed by atoms with Gasteiger partial charge >= 0.3 is 0 Å². The van der Waals surface area contributed by atoms with Gasteiger partial charge in [-0.15, -0.1) is 0 Å². The fourth-order valence-electron chi connectivity index (χ4n) is 2.16. The summed E-state index contributed by atoms with van der Waals surface area (Å²) >= 11 is 0. The van der Waals surface area contributed by atoms with Crippen molar-refractivity contribution in [1.29, 1.82) is 0 Å². The third-order valence-electron chi connectivity index (χ3n) is 3.10. The minimum absolute atomic E-state index is 0.277. The monoisotopic (exact) mass is 276 g/mol. The summed E-state index contributed by atoms with van der Waals surface area (Å²) in [5.74, 6) is 7.97. The van der Waals surface area contributed by atoms with Crippen LogP contribution in [0.2, 0.25) is 0 Å². The third kappa shape index (κ3) is 3.09. The largest absolute Gasteiger partial charge is 0.454 e. The molecule has 0 unspecified atom stereocenters. The third-order valence-corrected chi connectivity index (χ3v) is 3.10. The van der Waals surface area contributed by atoms with Crippen LogP contribution in [0.5, 0.6) is 11.5 Å². The standard InChI is InChI=1S/C19H16O2/c1-14(2)10-17-12-19-18(20-13-21-19)11-16(17)9-8-15-6-4-3-5-7-15/h3-7,10-12H,13H2,1-2H3. The van der Waals surface area contributed by atoms with Crippen molar-refractivity contribution in [2.24, 2.45) is 0 Å². The van der Waals surface area contributed by atoms with Crippen molar-refractivity contribution < 1.29 is 9.47 Å². The Labute approximate surface area is 125 Å². The van der Waals surface area contributed by atoms with Crippen molar-refractivity contribution in [2.45, 2.75) is 13.8 Å². The highest BCUT2D eigenvalue weighted by Crippen LogP contribution is 2.35. The van der Waals surface area contributed by atoms with Crippen LogP contribution in [0.3, 0.4) is 0 Å². The number of hydrogen-bond acceptors (Lipinski definition) is 2. The zero-order valence-electron chi connectivity index (χ0n) is 12.1. The van der Waals surface area contributed by atoms with E-state index in [1.807, 2.05) is 42.5 Å². The van der Waals surface area contributed by atoms with Crippen LogP contribution in [0.1, 0.15) is 30.5 Å². The SMILES string of the molecule is CC(C)=Cc1cc2c(cc1C#Cc1ccccc1)OCO2. The summed E-state index contributed by atoms with van der Waals surface area (Å²) < 4.78 is 10.9. The average molecular weight is 276 g/mol. The van der Waals surface area contributed by atoms with E-state index in [0.717, 1.165) is 28.2 Å². The number of ether oxygens (including phenoxy) is 2. The lowest BCUT2D eigenvalue weighted by Crippen LogP contribution is -1.92. The number of fused-ring (bicyclic) bond motifs is 1. The van der Waals surface area contributed by atoms with E-state index in [1.165, 1.54) is 5.57 Å². The van der Waals surface area contributed by atoms with Gasteiger partial charge < -0.3 is 9.47 Å². The Hall–Kier alpha value is -2.66. The quantitative estimate of drug-likeness (QED) is 0.725. The molecular weight excluding hydrogens is 260 g/mol. The zero-order valence-corrected chi connectivity index (χ0v) is 12.1. The molecule has 0 atom stereocenters. The van der Waals surface area contributed by atoms with Crippen molar-refractivity contribution in [2.75, 3.05) is 6.79 Å². The van der Waals surface area contributed by atoms with Crippen molar-refractivity contribution in [3.05, 3.63) is 64.7 Å². The van der Waals surface area contributed by atoms with E-state index >= 15 is 0 Å². The van der Waals surface area contributed by atoms with Crippen LogP contribution in [-0.4, -0.2) is 6.79 Å². The molecule has 3 rings (SSSR count). The van der Waals surface area contributed by atoms with E-state index in [0.29, 0.717) is 0 Å². The Morgan fingerprint density at radius 2 is 1.71 bits per heavy atom. The fraction of sp³-hybridized carbons (Fsp3) is 0.158. The minimum atomic E-state index is 0.277. The first-order chi connectivity index (χ1) is 10.2. The smallest absolute Gasteiger partial charge is 0.231 e. The van der Waals surface area contributed by atoms with Crippen LogP contribution in [-0.2, 0) is 0 Å². The molecule has 0 amide bonds. The van der Waals surface area contributed by atoms with Gasteiger partial charge in [0.1, 0.15) is 0 Å². The molecule has 2 aromatic rings. The maximum Gasteiger partial charge on any atom is 0.231 e. The van der Waals surface area contributed by atoms with E-state index < -0.39 is 0 Å². The van der Waals surface area contributed by atoms with E-state index in [4.69, 9.17) is 9.47 Å². The second kappa shape index (κ2) is 5.76. The second-order valence-corrected chi connectivity index (χ2v) is 5.13. The molecule has 0 saturated carbocycles. The predicted octanol–water partition coefficient (Wildman–Crippen LogP) is 4.24. The molecule has 2 heteroatoms. The Morgan fingerprint density at radius 1 is 1.00 bits per heavy atom. The highest BCUT2D eigenvalue weighted by Gasteiger charge is 2.15. The molecule has 0 bridgehead atoms. The summed E-state index contributed by atoms with van der Waals surface area (Å²) in [7, 11) is 0. The normalized spacial score (nSPS) is 11.5. The molecule has 0 radical (unpaired) electrons. The van der Waals surface area contributed by atoms with Gasteiger partial charge in [0.05, 0.1) is 0 Å². The van der Waals surface area contributed by atoms with Crippen LogP contribution in [0.25, 0.3) is 6.08 Å². The van der Waals surface area contributed by atoms with E-state index in [-0.39, 0.29) is 6.79 Å². The molecule has 1 heterocycles. The highest BCUT2D eigenvalue weighted by molar-refractivity contribution is 5.66. The number of rotatable bonds is 1. The van der Waals surface area contributed by atoms with Crippen LogP contribution < -0.4 is 9.47 Å². The zero-order chi connectivity index (χ0) is 14.7.